The first-order chi connectivity index (χ1) is 15.0. The van der Waals surface area contributed by atoms with Gasteiger partial charge in [0.05, 0.1) is 23.6 Å². The summed E-state index contributed by atoms with van der Waals surface area (Å²) in [5.74, 6) is 0.320. The first-order valence-corrected chi connectivity index (χ1v) is 10.9. The second-order valence-corrected chi connectivity index (χ2v) is 8.35. The van der Waals surface area contributed by atoms with Gasteiger partial charge in [-0.2, -0.15) is 5.10 Å². The van der Waals surface area contributed by atoms with Crippen molar-refractivity contribution < 1.29 is 5.11 Å². The number of aromatic amines is 1. The average Bonchev–Trinajstić information content (AvgIpc) is 3.19. The molecule has 0 saturated heterocycles. The molecular formula is C25H31N5O. The molecule has 162 valence electrons. The maximum absolute atomic E-state index is 9.81. The van der Waals surface area contributed by atoms with Crippen LogP contribution < -0.4 is 10.6 Å². The lowest BCUT2D eigenvalue weighted by molar-refractivity contribution is 0.474. The van der Waals surface area contributed by atoms with Gasteiger partial charge in [0.2, 0.25) is 0 Å². The summed E-state index contributed by atoms with van der Waals surface area (Å²) in [4.78, 5) is 4.25. The number of aromatic nitrogens is 2. The molecule has 4 N–H and O–H groups in total. The van der Waals surface area contributed by atoms with Crippen LogP contribution in [-0.4, -0.2) is 34.6 Å². The van der Waals surface area contributed by atoms with E-state index in [1.165, 1.54) is 22.3 Å². The molecule has 0 amide bonds. The molecule has 0 bridgehead atoms. The van der Waals surface area contributed by atoms with Gasteiger partial charge in [-0.1, -0.05) is 25.1 Å². The number of rotatable bonds is 7. The third-order valence-electron chi connectivity index (χ3n) is 6.29. The third kappa shape index (κ3) is 4.35. The molecule has 6 heteroatoms. The summed E-state index contributed by atoms with van der Waals surface area (Å²) < 4.78 is 0. The molecular weight excluding hydrogens is 386 g/mol. The third-order valence-corrected chi connectivity index (χ3v) is 6.29. The number of phenolic OH excluding ortho intramolecular Hbond substituents is 1. The largest absolute Gasteiger partial charge is 0.508 e. The Hall–Kier alpha value is -3.12. The number of phenols is 1. The molecule has 0 radical (unpaired) electrons. The van der Waals surface area contributed by atoms with Crippen LogP contribution in [-0.2, 0) is 19.4 Å². The van der Waals surface area contributed by atoms with E-state index in [4.69, 9.17) is 0 Å². The molecule has 1 aromatic carbocycles. The highest BCUT2D eigenvalue weighted by Crippen LogP contribution is 2.34. The highest BCUT2D eigenvalue weighted by Gasteiger charge is 2.22. The molecule has 1 aromatic heterocycles. The van der Waals surface area contributed by atoms with Gasteiger partial charge in [0.1, 0.15) is 5.75 Å². The number of nitrogens with one attached hydrogen (secondary N) is 3. The van der Waals surface area contributed by atoms with Crippen molar-refractivity contribution in [2.75, 3.05) is 6.54 Å². The number of hydrogen-bond donors (Lipinski definition) is 4. The Kier molecular flexibility index (Phi) is 6.09. The van der Waals surface area contributed by atoms with E-state index < -0.39 is 0 Å². The topological polar surface area (TPSA) is 85.3 Å². The zero-order valence-corrected chi connectivity index (χ0v) is 18.4. The number of hydrogen-bond acceptors (Lipinski definition) is 5. The van der Waals surface area contributed by atoms with E-state index in [0.29, 0.717) is 12.3 Å². The lowest BCUT2D eigenvalue weighted by atomic mass is 9.88. The predicted molar refractivity (Wildman–Crippen MR) is 127 cm³/mol. The van der Waals surface area contributed by atoms with E-state index >= 15 is 0 Å². The Bertz CT molecular complexity index is 1080. The second-order valence-electron chi connectivity index (χ2n) is 8.35. The van der Waals surface area contributed by atoms with Crippen molar-refractivity contribution in [3.05, 3.63) is 69.8 Å². The normalized spacial score (nSPS) is 18.4. The fraction of sp³-hybridized carbons (Fsp3) is 0.360. The van der Waals surface area contributed by atoms with Crippen molar-refractivity contribution >= 4 is 18.4 Å². The summed E-state index contributed by atoms with van der Waals surface area (Å²) in [5.41, 5.74) is 10.2. The van der Waals surface area contributed by atoms with Gasteiger partial charge in [-0.3, -0.25) is 10.1 Å². The van der Waals surface area contributed by atoms with Crippen LogP contribution in [0.1, 0.15) is 54.8 Å². The van der Waals surface area contributed by atoms with Crippen LogP contribution in [0.2, 0.25) is 0 Å². The molecule has 2 heterocycles. The van der Waals surface area contributed by atoms with Gasteiger partial charge in [-0.05, 0) is 67.8 Å². The highest BCUT2D eigenvalue weighted by atomic mass is 16.3. The monoisotopic (exact) mass is 417 g/mol. The SMILES string of the molecule is C=NC1=C(NCc2[nH]nc3c2CCC(c2ccc(O)cc2CC)=C3)CNC(C(=C)C)C1. The number of fused-ring (bicyclic) bond motifs is 1. The molecule has 2 aliphatic rings. The number of aryl methyl sites for hydroxylation is 1. The van der Waals surface area contributed by atoms with Crippen LogP contribution >= 0.6 is 0 Å². The molecule has 0 spiro atoms. The van der Waals surface area contributed by atoms with Gasteiger partial charge >= 0.3 is 0 Å². The summed E-state index contributed by atoms with van der Waals surface area (Å²) >= 11 is 0. The Morgan fingerprint density at radius 1 is 1.35 bits per heavy atom. The van der Waals surface area contributed by atoms with Crippen LogP contribution in [0.15, 0.2) is 46.7 Å². The van der Waals surface area contributed by atoms with Crippen molar-refractivity contribution in [3.63, 3.8) is 0 Å². The standard InChI is InChI=1S/C25H31N5O/c1-5-16-10-18(31)7-9-19(16)17-6-8-20-22(11-17)29-30-24(20)13-28-25-14-27-21(15(2)3)12-23(25)26-4/h7,9-11,21,27-28,31H,2,4-6,8,12-14H2,1,3H3,(H,29,30). The maximum atomic E-state index is 9.81. The van der Waals surface area contributed by atoms with E-state index in [0.717, 1.165) is 60.6 Å². The van der Waals surface area contributed by atoms with E-state index in [-0.39, 0.29) is 6.04 Å². The van der Waals surface area contributed by atoms with E-state index in [9.17, 15) is 5.11 Å². The van der Waals surface area contributed by atoms with Crippen LogP contribution in [0.5, 0.6) is 5.75 Å². The van der Waals surface area contributed by atoms with Crippen molar-refractivity contribution in [3.8, 4) is 5.75 Å². The second kappa shape index (κ2) is 8.94. The Balaban J connectivity index is 1.51. The zero-order valence-electron chi connectivity index (χ0n) is 18.4. The lowest BCUT2D eigenvalue weighted by Crippen LogP contribution is -2.39. The van der Waals surface area contributed by atoms with Crippen molar-refractivity contribution in [2.24, 2.45) is 4.99 Å². The van der Waals surface area contributed by atoms with Gasteiger partial charge in [0.15, 0.2) is 0 Å². The molecule has 6 nitrogen and oxygen atoms in total. The first kappa shape index (κ1) is 21.1. The average molecular weight is 418 g/mol. The maximum Gasteiger partial charge on any atom is 0.115 e. The summed E-state index contributed by atoms with van der Waals surface area (Å²) in [6.45, 7) is 13.4. The van der Waals surface area contributed by atoms with Gasteiger partial charge in [0.25, 0.3) is 0 Å². The van der Waals surface area contributed by atoms with Crippen molar-refractivity contribution in [1.82, 2.24) is 20.8 Å². The molecule has 31 heavy (non-hydrogen) atoms. The molecule has 1 aliphatic heterocycles. The molecule has 4 rings (SSSR count). The first-order valence-electron chi connectivity index (χ1n) is 10.9. The molecule has 1 unspecified atom stereocenters. The number of aliphatic imine (C=N–C) groups is 1. The zero-order chi connectivity index (χ0) is 22.0. The van der Waals surface area contributed by atoms with Crippen LogP contribution in [0.4, 0.5) is 0 Å². The molecule has 1 atom stereocenters. The van der Waals surface area contributed by atoms with Crippen LogP contribution in [0, 0.1) is 0 Å². The van der Waals surface area contributed by atoms with Gasteiger partial charge < -0.3 is 15.7 Å². The fourth-order valence-corrected chi connectivity index (χ4v) is 4.44. The van der Waals surface area contributed by atoms with Gasteiger partial charge in [-0.15, -0.1) is 0 Å². The summed E-state index contributed by atoms with van der Waals surface area (Å²) in [6, 6.07) is 5.90. The van der Waals surface area contributed by atoms with E-state index in [1.54, 1.807) is 6.07 Å². The minimum absolute atomic E-state index is 0.252. The Morgan fingerprint density at radius 3 is 2.94 bits per heavy atom. The number of benzene rings is 1. The summed E-state index contributed by atoms with van der Waals surface area (Å²) in [5, 5.41) is 24.6. The fourth-order valence-electron chi connectivity index (χ4n) is 4.44. The van der Waals surface area contributed by atoms with Crippen LogP contribution in [0.3, 0.4) is 0 Å². The number of H-pyrrole nitrogens is 1. The Morgan fingerprint density at radius 2 is 2.19 bits per heavy atom. The molecule has 0 fully saturated rings. The van der Waals surface area contributed by atoms with Gasteiger partial charge in [-0.25, -0.2) is 0 Å². The Labute approximate surface area is 183 Å². The summed E-state index contributed by atoms with van der Waals surface area (Å²) in [7, 11) is 0. The van der Waals surface area contributed by atoms with E-state index in [2.05, 4.69) is 52.1 Å². The quantitative estimate of drug-likeness (QED) is 0.404. The van der Waals surface area contributed by atoms with Crippen LogP contribution in [0.25, 0.3) is 11.6 Å². The highest BCUT2D eigenvalue weighted by molar-refractivity contribution is 5.85. The predicted octanol–water partition coefficient (Wildman–Crippen LogP) is 4.10. The molecule has 1 aliphatic carbocycles. The summed E-state index contributed by atoms with van der Waals surface area (Å²) in [6.07, 6.45) is 5.78. The van der Waals surface area contributed by atoms with Gasteiger partial charge in [0, 0.05) is 30.3 Å². The van der Waals surface area contributed by atoms with E-state index in [1.807, 2.05) is 19.1 Å². The lowest BCUT2D eigenvalue weighted by Gasteiger charge is -2.27. The van der Waals surface area contributed by atoms with Crippen molar-refractivity contribution in [2.45, 2.75) is 52.1 Å². The van der Waals surface area contributed by atoms with Crippen molar-refractivity contribution in [1.29, 1.82) is 0 Å². The minimum atomic E-state index is 0.252. The minimum Gasteiger partial charge on any atom is -0.508 e. The number of allylic oxidation sites excluding steroid dienone is 1. The smallest absolute Gasteiger partial charge is 0.115 e. The number of nitrogens with zero attached hydrogens (tertiary/aromatic N) is 2. The molecule has 0 saturated carbocycles. The number of aromatic hydroxyl groups is 1. The molecule has 2 aromatic rings.